The van der Waals surface area contributed by atoms with Crippen LogP contribution in [0, 0.1) is 18.1 Å². The van der Waals surface area contributed by atoms with Crippen molar-refractivity contribution >= 4 is 46.4 Å². The van der Waals surface area contributed by atoms with E-state index in [1.807, 2.05) is 48.5 Å². The number of rotatable bonds is 9. The second kappa shape index (κ2) is 18.3. The van der Waals surface area contributed by atoms with Gasteiger partial charge in [-0.2, -0.15) is 0 Å². The summed E-state index contributed by atoms with van der Waals surface area (Å²) in [6.45, 7) is 20.8. The molecule has 0 saturated carbocycles. The third-order valence-corrected chi connectivity index (χ3v) is 13.2. The Morgan fingerprint density at radius 1 is 0.689 bits per heavy atom. The van der Waals surface area contributed by atoms with Crippen LogP contribution in [0.15, 0.2) is 138 Å². The molecule has 5 aromatic carbocycles. The fourth-order valence-corrected chi connectivity index (χ4v) is 9.85. The maximum atomic E-state index is 6.45. The Balaban J connectivity index is 0.000000226. The predicted molar refractivity (Wildman–Crippen MR) is 254 cm³/mol. The number of hydrogen-bond donors (Lipinski definition) is 0. The van der Waals surface area contributed by atoms with Crippen LogP contribution in [0.2, 0.25) is 19.6 Å². The van der Waals surface area contributed by atoms with Crippen LogP contribution in [0.3, 0.4) is 0 Å². The van der Waals surface area contributed by atoms with Gasteiger partial charge in [0, 0.05) is 43.6 Å². The molecule has 0 unspecified atom stereocenters. The van der Waals surface area contributed by atoms with Gasteiger partial charge in [0.05, 0.1) is 25.0 Å². The molecule has 4 heterocycles. The maximum absolute atomic E-state index is 6.45. The molecule has 9 rings (SSSR count). The zero-order chi connectivity index (χ0) is 42.1. The largest absolute Gasteiger partial charge is 0.501 e. The number of aromatic nitrogens is 4. The number of hydrogen-bond acceptors (Lipinski definition) is 4. The molecule has 0 saturated heterocycles. The maximum Gasteiger partial charge on any atom is 0.168 e. The first-order valence-electron chi connectivity index (χ1n) is 21.2. The molecule has 0 aliphatic rings. The van der Waals surface area contributed by atoms with Crippen molar-refractivity contribution in [3.63, 3.8) is 0 Å². The van der Waals surface area contributed by atoms with Crippen molar-refractivity contribution in [2.45, 2.75) is 79.4 Å². The summed E-state index contributed by atoms with van der Waals surface area (Å²) in [5.74, 6) is 2.02. The van der Waals surface area contributed by atoms with E-state index < -0.39 is 8.07 Å². The molecule has 0 atom stereocenters. The van der Waals surface area contributed by atoms with Crippen molar-refractivity contribution in [3.8, 4) is 39.5 Å². The summed E-state index contributed by atoms with van der Waals surface area (Å²) in [7, 11) is -1.34. The zero-order valence-electron chi connectivity index (χ0n) is 36.7. The third kappa shape index (κ3) is 8.97. The first kappa shape index (κ1) is 43.6. The van der Waals surface area contributed by atoms with Gasteiger partial charge in [0.2, 0.25) is 0 Å². The Morgan fingerprint density at radius 3 is 2.07 bits per heavy atom. The van der Waals surface area contributed by atoms with Crippen LogP contribution in [0.4, 0.5) is 0 Å². The molecule has 7 heteroatoms. The van der Waals surface area contributed by atoms with E-state index in [1.165, 1.54) is 33.0 Å². The fraction of sp³-hybridized carbons (Fsp3) is 0.241. The Morgan fingerprint density at radius 2 is 1.39 bits per heavy atom. The number of fused-ring (bicyclic) bond motifs is 4. The number of nitrogens with zero attached hydrogens (tertiary/aromatic N) is 4. The second-order valence-electron chi connectivity index (χ2n) is 17.8. The smallest absolute Gasteiger partial charge is 0.168 e. The summed E-state index contributed by atoms with van der Waals surface area (Å²) < 4.78 is 8.74. The summed E-state index contributed by atoms with van der Waals surface area (Å²) in [4.78, 5) is 14.5. The van der Waals surface area contributed by atoms with Gasteiger partial charge in [0.25, 0.3) is 0 Å². The first-order valence-corrected chi connectivity index (χ1v) is 24.7. The molecule has 0 aliphatic heterocycles. The average molecular weight is 995 g/mol. The van der Waals surface area contributed by atoms with Gasteiger partial charge in [-0.3, -0.25) is 4.98 Å². The molecule has 0 fully saturated rings. The first-order chi connectivity index (χ1) is 28.9. The Bertz CT molecular complexity index is 2900. The molecule has 61 heavy (non-hydrogen) atoms. The molecular weight excluding hydrogens is 941 g/mol. The van der Waals surface area contributed by atoms with Gasteiger partial charge in [0.1, 0.15) is 5.58 Å². The van der Waals surface area contributed by atoms with Crippen molar-refractivity contribution in [2.24, 2.45) is 5.92 Å². The second-order valence-corrected chi connectivity index (χ2v) is 22.9. The van der Waals surface area contributed by atoms with Crippen LogP contribution in [0.5, 0.6) is 0 Å². The van der Waals surface area contributed by atoms with Gasteiger partial charge in [-0.1, -0.05) is 132 Å². The minimum Gasteiger partial charge on any atom is -0.501 e. The predicted octanol–water partition coefficient (Wildman–Crippen LogP) is 14.0. The fourth-order valence-electron chi connectivity index (χ4n) is 8.26. The summed E-state index contributed by atoms with van der Waals surface area (Å²) in [5, 5.41) is 3.64. The molecule has 311 valence electrons. The number of para-hydroxylation sites is 1. The number of furan rings is 1. The topological polar surface area (TPSA) is 56.7 Å². The zero-order valence-corrected chi connectivity index (χ0v) is 40.1. The van der Waals surface area contributed by atoms with Gasteiger partial charge in [-0.25, -0.2) is 4.98 Å². The van der Waals surface area contributed by atoms with Crippen LogP contribution in [-0.2, 0) is 26.5 Å². The Hall–Kier alpha value is -5.46. The third-order valence-electron chi connectivity index (χ3n) is 11.1. The Labute approximate surface area is 375 Å². The van der Waals surface area contributed by atoms with Gasteiger partial charge < -0.3 is 14.0 Å². The van der Waals surface area contributed by atoms with Crippen molar-refractivity contribution in [1.82, 2.24) is 19.5 Å². The molecule has 0 N–H and O–H groups in total. The van der Waals surface area contributed by atoms with E-state index in [0.29, 0.717) is 11.6 Å². The SMILES string of the molecule is CC(C)Cc1cc(-c2[c-]cccc2)ncc1[Si](C)(C)C.CC(C)c1cc(-c2ccccc2)cc(C(C)C)c1-n1c(-c2[c-]ccc3c2oc2ccccc23)nc2ncccc21.[Ir]. The van der Waals surface area contributed by atoms with Crippen LogP contribution in [0.25, 0.3) is 72.6 Å². The molecule has 0 aliphatic carbocycles. The van der Waals surface area contributed by atoms with Crippen LogP contribution in [0.1, 0.15) is 70.1 Å². The van der Waals surface area contributed by atoms with Crippen molar-refractivity contribution < 1.29 is 24.5 Å². The van der Waals surface area contributed by atoms with Crippen LogP contribution >= 0.6 is 0 Å². The number of benzene rings is 5. The van der Waals surface area contributed by atoms with Crippen molar-refractivity contribution in [2.75, 3.05) is 0 Å². The van der Waals surface area contributed by atoms with E-state index in [1.54, 1.807) is 6.20 Å². The van der Waals surface area contributed by atoms with Gasteiger partial charge in [0.15, 0.2) is 5.65 Å². The van der Waals surface area contributed by atoms with Gasteiger partial charge in [-0.05, 0) is 87.6 Å². The van der Waals surface area contributed by atoms with E-state index in [-0.39, 0.29) is 31.9 Å². The average Bonchev–Trinajstić information content (AvgIpc) is 3.82. The minimum atomic E-state index is -1.34. The van der Waals surface area contributed by atoms with Crippen molar-refractivity contribution in [1.29, 1.82) is 0 Å². The summed E-state index contributed by atoms with van der Waals surface area (Å²) in [6.07, 6.45) is 5.04. The van der Waals surface area contributed by atoms with Gasteiger partial charge in [-0.15, -0.1) is 54.1 Å². The summed E-state index contributed by atoms with van der Waals surface area (Å²) >= 11 is 0. The number of pyridine rings is 2. The minimum absolute atomic E-state index is 0. The number of imidazole rings is 1. The van der Waals surface area contributed by atoms with Gasteiger partial charge >= 0.3 is 0 Å². The molecule has 0 amide bonds. The van der Waals surface area contributed by atoms with E-state index in [9.17, 15) is 0 Å². The normalized spacial score (nSPS) is 11.7. The molecule has 5 nitrogen and oxygen atoms in total. The molecular formula is C54H54IrN4OSi-2. The molecule has 0 bridgehead atoms. The monoisotopic (exact) mass is 995 g/mol. The standard InChI is InChI=1S/C36H30N3O.C18H24NSi.Ir/c1-22(2)29-20-25(24-12-6-5-7-13-24)21-30(23(3)4)33(29)39-31-17-11-19-37-35(31)38-36(39)28-16-10-15-27-26-14-8-9-18-32(26)40-34(27)28;1-14(2)11-16-12-17(15-9-7-6-8-10-15)19-13-18(16)20(3,4)5;/h5-15,17-23H,1-4H3;6-9,12-14H,11H2,1-5H3;/q2*-1;. The molecule has 0 spiro atoms. The van der Waals surface area contributed by atoms with E-state index in [2.05, 4.69) is 167 Å². The van der Waals surface area contributed by atoms with E-state index in [4.69, 9.17) is 9.40 Å². The van der Waals surface area contributed by atoms with Crippen LogP contribution in [-0.4, -0.2) is 27.6 Å². The van der Waals surface area contributed by atoms with E-state index >= 15 is 0 Å². The van der Waals surface area contributed by atoms with E-state index in [0.717, 1.165) is 62.2 Å². The van der Waals surface area contributed by atoms with Crippen molar-refractivity contribution in [3.05, 3.63) is 163 Å². The quantitative estimate of drug-likeness (QED) is 0.107. The Kier molecular flexibility index (Phi) is 13.1. The molecule has 1 radical (unpaired) electrons. The molecule has 4 aromatic heterocycles. The summed E-state index contributed by atoms with van der Waals surface area (Å²) in [6, 6.07) is 48.7. The summed E-state index contributed by atoms with van der Waals surface area (Å²) in [5.41, 5.74) is 13.9. The van der Waals surface area contributed by atoms with Crippen LogP contribution < -0.4 is 5.19 Å². The molecule has 9 aromatic rings.